The molecule has 7 heteroatoms. The first-order chi connectivity index (χ1) is 9.31. The number of aromatic nitrogens is 3. The Morgan fingerprint density at radius 3 is 2.95 bits per heavy atom. The van der Waals surface area contributed by atoms with Crippen molar-refractivity contribution in [3.63, 3.8) is 0 Å². The highest BCUT2D eigenvalue weighted by Crippen LogP contribution is 2.18. The van der Waals surface area contributed by atoms with Gasteiger partial charge in [0, 0.05) is 25.7 Å². The molecule has 1 aliphatic heterocycles. The van der Waals surface area contributed by atoms with Gasteiger partial charge in [-0.1, -0.05) is 5.21 Å². The molecule has 1 amide bonds. The number of nitrogens with zero attached hydrogens (tertiary/aromatic N) is 4. The van der Waals surface area contributed by atoms with E-state index in [9.17, 15) is 4.79 Å². The van der Waals surface area contributed by atoms with Gasteiger partial charge in [0.2, 0.25) is 5.91 Å². The van der Waals surface area contributed by atoms with Crippen LogP contribution in [0.2, 0.25) is 0 Å². The van der Waals surface area contributed by atoms with Crippen molar-refractivity contribution in [3.05, 3.63) is 11.9 Å². The van der Waals surface area contributed by atoms with E-state index in [-0.39, 0.29) is 12.5 Å². The zero-order chi connectivity index (χ0) is 13.1. The predicted octanol–water partition coefficient (Wildman–Crippen LogP) is -0.611. The lowest BCUT2D eigenvalue weighted by atomic mass is 10.4. The van der Waals surface area contributed by atoms with E-state index in [0.717, 1.165) is 12.2 Å². The van der Waals surface area contributed by atoms with Gasteiger partial charge in [-0.3, -0.25) is 4.79 Å². The van der Waals surface area contributed by atoms with Gasteiger partial charge in [-0.25, -0.2) is 4.68 Å². The summed E-state index contributed by atoms with van der Waals surface area (Å²) in [6, 6.07) is 0.653. The van der Waals surface area contributed by atoms with Crippen molar-refractivity contribution in [2.45, 2.75) is 32.0 Å². The highest BCUT2D eigenvalue weighted by atomic mass is 16.5. The predicted molar refractivity (Wildman–Crippen MR) is 67.3 cm³/mol. The maximum Gasteiger partial charge on any atom is 0.244 e. The second kappa shape index (κ2) is 5.66. The van der Waals surface area contributed by atoms with Crippen molar-refractivity contribution in [1.29, 1.82) is 0 Å². The summed E-state index contributed by atoms with van der Waals surface area (Å²) in [5.74, 6) is 0.0786. The molecule has 2 heterocycles. The highest BCUT2D eigenvalue weighted by molar-refractivity contribution is 5.75. The van der Waals surface area contributed by atoms with Gasteiger partial charge >= 0.3 is 0 Å². The Morgan fingerprint density at radius 1 is 1.42 bits per heavy atom. The number of carbonyl (C=O) groups is 1. The fourth-order valence-electron chi connectivity index (χ4n) is 2.08. The first-order valence-corrected chi connectivity index (χ1v) is 6.79. The van der Waals surface area contributed by atoms with Crippen LogP contribution in [-0.2, 0) is 22.6 Å². The molecule has 3 rings (SSSR count). The molecule has 0 bridgehead atoms. The monoisotopic (exact) mass is 265 g/mol. The normalized spacial score (nSPS) is 19.7. The molecule has 2 aliphatic rings. The number of rotatable bonds is 5. The summed E-state index contributed by atoms with van der Waals surface area (Å²) in [4.78, 5) is 13.8. The van der Waals surface area contributed by atoms with E-state index in [1.807, 2.05) is 11.1 Å². The van der Waals surface area contributed by atoms with Crippen molar-refractivity contribution in [3.8, 4) is 0 Å². The van der Waals surface area contributed by atoms with Gasteiger partial charge in [0.05, 0.1) is 25.1 Å². The highest BCUT2D eigenvalue weighted by Gasteiger charge is 2.21. The molecule has 1 aliphatic carbocycles. The molecule has 0 atom stereocenters. The van der Waals surface area contributed by atoms with Gasteiger partial charge in [0.15, 0.2) is 0 Å². The van der Waals surface area contributed by atoms with Crippen LogP contribution < -0.4 is 5.32 Å². The van der Waals surface area contributed by atoms with Crippen molar-refractivity contribution in [2.75, 3.05) is 26.3 Å². The summed E-state index contributed by atoms with van der Waals surface area (Å²) < 4.78 is 6.84. The van der Waals surface area contributed by atoms with Gasteiger partial charge in [-0.05, 0) is 12.8 Å². The van der Waals surface area contributed by atoms with Gasteiger partial charge < -0.3 is 15.0 Å². The minimum atomic E-state index is 0.0786. The SMILES string of the molecule is O=C(Cn1cc(CNC2CC2)nn1)N1CCOCC1. The molecule has 1 saturated carbocycles. The number of nitrogens with one attached hydrogen (secondary N) is 1. The first-order valence-electron chi connectivity index (χ1n) is 6.79. The Morgan fingerprint density at radius 2 is 2.21 bits per heavy atom. The largest absolute Gasteiger partial charge is 0.378 e. The fraction of sp³-hybridized carbons (Fsp3) is 0.750. The third-order valence-corrected chi connectivity index (χ3v) is 3.40. The van der Waals surface area contributed by atoms with Gasteiger partial charge in [0.1, 0.15) is 6.54 Å². The third kappa shape index (κ3) is 3.51. The molecular weight excluding hydrogens is 246 g/mol. The van der Waals surface area contributed by atoms with E-state index in [4.69, 9.17) is 4.74 Å². The summed E-state index contributed by atoms with van der Waals surface area (Å²) in [7, 11) is 0. The van der Waals surface area contributed by atoms with E-state index < -0.39 is 0 Å². The Hall–Kier alpha value is -1.47. The summed E-state index contributed by atoms with van der Waals surface area (Å²) in [5, 5.41) is 11.4. The van der Waals surface area contributed by atoms with Crippen LogP contribution in [-0.4, -0.2) is 58.1 Å². The first kappa shape index (κ1) is 12.6. The van der Waals surface area contributed by atoms with E-state index in [2.05, 4.69) is 15.6 Å². The molecule has 0 aromatic carbocycles. The molecule has 0 unspecified atom stereocenters. The van der Waals surface area contributed by atoms with E-state index in [1.165, 1.54) is 12.8 Å². The number of amides is 1. The lowest BCUT2D eigenvalue weighted by Gasteiger charge is -2.26. The number of carbonyl (C=O) groups excluding carboxylic acids is 1. The maximum absolute atomic E-state index is 12.0. The number of ether oxygens (including phenoxy) is 1. The Kier molecular flexibility index (Phi) is 3.74. The number of hydrogen-bond acceptors (Lipinski definition) is 5. The summed E-state index contributed by atoms with van der Waals surface area (Å²) >= 11 is 0. The lowest BCUT2D eigenvalue weighted by molar-refractivity contribution is -0.136. The standard InChI is InChI=1S/C12H19N5O2/c18-12(16-3-5-19-6-4-16)9-17-8-11(14-15-17)7-13-10-1-2-10/h8,10,13H,1-7,9H2. The molecule has 1 saturated heterocycles. The zero-order valence-electron chi connectivity index (χ0n) is 10.9. The van der Waals surface area contributed by atoms with Crippen LogP contribution in [0.3, 0.4) is 0 Å². The molecular formula is C12H19N5O2. The molecule has 7 nitrogen and oxygen atoms in total. The molecule has 104 valence electrons. The topological polar surface area (TPSA) is 72.3 Å². The average Bonchev–Trinajstić information content (AvgIpc) is 3.17. The molecule has 2 fully saturated rings. The summed E-state index contributed by atoms with van der Waals surface area (Å²) in [5.41, 5.74) is 0.890. The molecule has 1 N–H and O–H groups in total. The Bertz CT molecular complexity index is 437. The Balaban J connectivity index is 1.49. The van der Waals surface area contributed by atoms with Crippen molar-refractivity contribution in [2.24, 2.45) is 0 Å². The fourth-order valence-corrected chi connectivity index (χ4v) is 2.08. The van der Waals surface area contributed by atoms with Gasteiger partial charge in [-0.2, -0.15) is 0 Å². The van der Waals surface area contributed by atoms with Crippen LogP contribution in [0.1, 0.15) is 18.5 Å². The van der Waals surface area contributed by atoms with Crippen LogP contribution in [0.15, 0.2) is 6.20 Å². The van der Waals surface area contributed by atoms with Gasteiger partial charge in [0.25, 0.3) is 0 Å². The summed E-state index contributed by atoms with van der Waals surface area (Å²) in [6.07, 6.45) is 4.35. The van der Waals surface area contributed by atoms with E-state index >= 15 is 0 Å². The Labute approximate surface area is 111 Å². The second-order valence-corrected chi connectivity index (χ2v) is 5.06. The quantitative estimate of drug-likeness (QED) is 0.769. The maximum atomic E-state index is 12.0. The van der Waals surface area contributed by atoms with Crippen LogP contribution in [0, 0.1) is 0 Å². The smallest absolute Gasteiger partial charge is 0.244 e. The molecule has 0 spiro atoms. The van der Waals surface area contributed by atoms with Crippen LogP contribution in [0.25, 0.3) is 0 Å². The molecule has 19 heavy (non-hydrogen) atoms. The van der Waals surface area contributed by atoms with Crippen LogP contribution >= 0.6 is 0 Å². The van der Waals surface area contributed by atoms with Crippen molar-refractivity contribution in [1.82, 2.24) is 25.2 Å². The molecule has 0 radical (unpaired) electrons. The van der Waals surface area contributed by atoms with Crippen molar-refractivity contribution < 1.29 is 9.53 Å². The van der Waals surface area contributed by atoms with E-state index in [1.54, 1.807) is 4.68 Å². The van der Waals surface area contributed by atoms with Crippen LogP contribution in [0.5, 0.6) is 0 Å². The molecule has 1 aromatic heterocycles. The van der Waals surface area contributed by atoms with E-state index in [0.29, 0.717) is 32.3 Å². The zero-order valence-corrected chi connectivity index (χ0v) is 10.9. The second-order valence-electron chi connectivity index (χ2n) is 5.06. The minimum absolute atomic E-state index is 0.0786. The lowest BCUT2D eigenvalue weighted by Crippen LogP contribution is -2.42. The van der Waals surface area contributed by atoms with Crippen LogP contribution in [0.4, 0.5) is 0 Å². The minimum Gasteiger partial charge on any atom is -0.378 e. The third-order valence-electron chi connectivity index (χ3n) is 3.40. The van der Waals surface area contributed by atoms with Crippen molar-refractivity contribution >= 4 is 5.91 Å². The van der Waals surface area contributed by atoms with Gasteiger partial charge in [-0.15, -0.1) is 5.10 Å². The average molecular weight is 265 g/mol. The summed E-state index contributed by atoms with van der Waals surface area (Å²) in [6.45, 7) is 3.58. The number of hydrogen-bond donors (Lipinski definition) is 1. The number of morpholine rings is 1. The molecule has 1 aromatic rings.